The van der Waals surface area contributed by atoms with E-state index < -0.39 is 0 Å². The second-order valence-corrected chi connectivity index (χ2v) is 3.66. The van der Waals surface area contributed by atoms with Gasteiger partial charge in [-0.3, -0.25) is 4.79 Å². The van der Waals surface area contributed by atoms with E-state index in [0.29, 0.717) is 17.3 Å². The van der Waals surface area contributed by atoms with Crippen molar-refractivity contribution < 1.29 is 9.90 Å². The molecule has 0 amide bonds. The van der Waals surface area contributed by atoms with Gasteiger partial charge in [-0.2, -0.15) is 0 Å². The number of alkyl halides is 1. The van der Waals surface area contributed by atoms with Crippen molar-refractivity contribution in [2.45, 2.75) is 13.3 Å². The van der Waals surface area contributed by atoms with Gasteiger partial charge in [-0.15, -0.1) is 0 Å². The highest BCUT2D eigenvalue weighted by molar-refractivity contribution is 9.09. The zero-order chi connectivity index (χ0) is 9.84. The Morgan fingerprint density at radius 1 is 1.54 bits per heavy atom. The largest absolute Gasteiger partial charge is 0.508 e. The molecule has 0 atom stereocenters. The van der Waals surface area contributed by atoms with Gasteiger partial charge >= 0.3 is 0 Å². The van der Waals surface area contributed by atoms with Gasteiger partial charge in [0.15, 0.2) is 5.78 Å². The lowest BCUT2D eigenvalue weighted by Gasteiger charge is -2.01. The van der Waals surface area contributed by atoms with Crippen molar-refractivity contribution in [3.8, 4) is 5.75 Å². The SMILES string of the molecule is Cc1cc(C(=O)CCBr)ccc1O. The van der Waals surface area contributed by atoms with Crippen LogP contribution in [0.15, 0.2) is 18.2 Å². The van der Waals surface area contributed by atoms with E-state index in [0.717, 1.165) is 5.56 Å². The first-order valence-corrected chi connectivity index (χ1v) is 5.16. The number of ketones is 1. The van der Waals surface area contributed by atoms with Crippen molar-refractivity contribution >= 4 is 21.7 Å². The van der Waals surface area contributed by atoms with Crippen LogP contribution in [0.5, 0.6) is 5.75 Å². The zero-order valence-electron chi connectivity index (χ0n) is 7.38. The first-order valence-electron chi connectivity index (χ1n) is 4.04. The Kier molecular flexibility index (Phi) is 3.48. The van der Waals surface area contributed by atoms with Crippen LogP contribution in [-0.2, 0) is 0 Å². The maximum absolute atomic E-state index is 11.4. The lowest BCUT2D eigenvalue weighted by molar-refractivity contribution is 0.0990. The third-order valence-electron chi connectivity index (χ3n) is 1.84. The fourth-order valence-electron chi connectivity index (χ4n) is 1.06. The summed E-state index contributed by atoms with van der Waals surface area (Å²) in [6.45, 7) is 1.78. The van der Waals surface area contributed by atoms with E-state index in [9.17, 15) is 9.90 Å². The number of carbonyl (C=O) groups excluding carboxylic acids is 1. The average Bonchev–Trinajstić information content (AvgIpc) is 2.10. The molecule has 0 aliphatic rings. The minimum atomic E-state index is 0.0972. The third-order valence-corrected chi connectivity index (χ3v) is 2.24. The highest BCUT2D eigenvalue weighted by atomic mass is 79.9. The molecule has 0 spiro atoms. The summed E-state index contributed by atoms with van der Waals surface area (Å²) in [6, 6.07) is 4.91. The summed E-state index contributed by atoms with van der Waals surface area (Å²) in [5.74, 6) is 0.329. The molecule has 0 aliphatic carbocycles. The van der Waals surface area contributed by atoms with Crippen LogP contribution in [0, 0.1) is 6.92 Å². The normalized spacial score (nSPS) is 10.0. The number of aromatic hydroxyl groups is 1. The van der Waals surface area contributed by atoms with Gasteiger partial charge in [-0.1, -0.05) is 15.9 Å². The number of rotatable bonds is 3. The van der Waals surface area contributed by atoms with Gasteiger partial charge in [0.2, 0.25) is 0 Å². The molecule has 0 heterocycles. The third kappa shape index (κ3) is 2.56. The molecule has 0 aromatic heterocycles. The van der Waals surface area contributed by atoms with Gasteiger partial charge in [0.05, 0.1) is 0 Å². The fraction of sp³-hybridized carbons (Fsp3) is 0.300. The Balaban J connectivity index is 2.90. The van der Waals surface area contributed by atoms with Crippen molar-refractivity contribution in [1.29, 1.82) is 0 Å². The van der Waals surface area contributed by atoms with Crippen molar-refractivity contribution in [2.24, 2.45) is 0 Å². The Bertz CT molecular complexity index is 321. The topological polar surface area (TPSA) is 37.3 Å². The predicted octanol–water partition coefficient (Wildman–Crippen LogP) is 2.67. The molecular weight excluding hydrogens is 232 g/mol. The van der Waals surface area contributed by atoms with Crippen molar-refractivity contribution in [1.82, 2.24) is 0 Å². The maximum Gasteiger partial charge on any atom is 0.163 e. The van der Waals surface area contributed by atoms with Gasteiger partial charge in [0.1, 0.15) is 5.75 Å². The number of halogens is 1. The van der Waals surface area contributed by atoms with E-state index in [4.69, 9.17) is 0 Å². The van der Waals surface area contributed by atoms with Crippen LogP contribution in [0.4, 0.5) is 0 Å². The minimum Gasteiger partial charge on any atom is -0.508 e. The number of hydrogen-bond donors (Lipinski definition) is 1. The number of hydrogen-bond acceptors (Lipinski definition) is 2. The molecule has 0 unspecified atom stereocenters. The van der Waals surface area contributed by atoms with E-state index in [-0.39, 0.29) is 11.5 Å². The van der Waals surface area contributed by atoms with Crippen LogP contribution in [0.2, 0.25) is 0 Å². The molecule has 2 nitrogen and oxygen atoms in total. The van der Waals surface area contributed by atoms with E-state index in [1.807, 2.05) is 0 Å². The van der Waals surface area contributed by atoms with Gasteiger partial charge in [0, 0.05) is 17.3 Å². The van der Waals surface area contributed by atoms with E-state index in [1.54, 1.807) is 25.1 Å². The molecule has 3 heteroatoms. The first kappa shape index (κ1) is 10.3. The summed E-state index contributed by atoms with van der Waals surface area (Å²) < 4.78 is 0. The fourth-order valence-corrected chi connectivity index (χ4v) is 1.42. The number of phenols is 1. The molecule has 1 aromatic carbocycles. The molecule has 1 aromatic rings. The van der Waals surface area contributed by atoms with Crippen molar-refractivity contribution in [3.05, 3.63) is 29.3 Å². The number of aryl methyl sites for hydroxylation is 1. The number of phenolic OH excluding ortho intramolecular Hbond substituents is 1. The number of Topliss-reactive ketones (excluding diaryl/α,β-unsaturated/α-hetero) is 1. The van der Waals surface area contributed by atoms with Crippen LogP contribution in [0.1, 0.15) is 22.3 Å². The van der Waals surface area contributed by atoms with Crippen LogP contribution >= 0.6 is 15.9 Å². The highest BCUT2D eigenvalue weighted by Gasteiger charge is 2.05. The van der Waals surface area contributed by atoms with Crippen LogP contribution < -0.4 is 0 Å². The molecular formula is C10H11BrO2. The number of carbonyl (C=O) groups is 1. The van der Waals surface area contributed by atoms with E-state index >= 15 is 0 Å². The van der Waals surface area contributed by atoms with Crippen LogP contribution in [0.3, 0.4) is 0 Å². The Hall–Kier alpha value is -0.830. The predicted molar refractivity (Wildman–Crippen MR) is 55.6 cm³/mol. The monoisotopic (exact) mass is 242 g/mol. The molecule has 1 rings (SSSR count). The molecule has 13 heavy (non-hydrogen) atoms. The highest BCUT2D eigenvalue weighted by Crippen LogP contribution is 2.17. The Morgan fingerprint density at radius 2 is 2.23 bits per heavy atom. The molecule has 0 fully saturated rings. The number of benzene rings is 1. The van der Waals surface area contributed by atoms with Gasteiger partial charge in [-0.05, 0) is 30.7 Å². The molecule has 1 N–H and O–H groups in total. The van der Waals surface area contributed by atoms with E-state index in [2.05, 4.69) is 15.9 Å². The summed E-state index contributed by atoms with van der Waals surface area (Å²) in [5, 5.41) is 9.91. The molecule has 70 valence electrons. The second kappa shape index (κ2) is 4.42. The summed E-state index contributed by atoms with van der Waals surface area (Å²) >= 11 is 3.21. The maximum atomic E-state index is 11.4. The Morgan fingerprint density at radius 3 is 2.77 bits per heavy atom. The Labute approximate surface area is 85.7 Å². The molecule has 0 bridgehead atoms. The van der Waals surface area contributed by atoms with Crippen molar-refractivity contribution in [2.75, 3.05) is 5.33 Å². The lowest BCUT2D eigenvalue weighted by atomic mass is 10.1. The second-order valence-electron chi connectivity index (χ2n) is 2.86. The summed E-state index contributed by atoms with van der Waals surface area (Å²) in [4.78, 5) is 11.4. The standard InChI is InChI=1S/C10H11BrO2/c1-7-6-8(2-3-9(7)12)10(13)4-5-11/h2-3,6,12H,4-5H2,1H3. The van der Waals surface area contributed by atoms with Crippen LogP contribution in [-0.4, -0.2) is 16.2 Å². The molecule has 0 radical (unpaired) electrons. The summed E-state index contributed by atoms with van der Waals surface area (Å²) in [5.41, 5.74) is 1.40. The zero-order valence-corrected chi connectivity index (χ0v) is 8.97. The minimum absolute atomic E-state index is 0.0972. The summed E-state index contributed by atoms with van der Waals surface area (Å²) in [6.07, 6.45) is 0.490. The average molecular weight is 243 g/mol. The first-order chi connectivity index (χ1) is 6.15. The lowest BCUT2D eigenvalue weighted by Crippen LogP contribution is -1.99. The van der Waals surface area contributed by atoms with Gasteiger partial charge in [-0.25, -0.2) is 0 Å². The molecule has 0 saturated carbocycles. The van der Waals surface area contributed by atoms with Crippen molar-refractivity contribution in [3.63, 3.8) is 0 Å². The van der Waals surface area contributed by atoms with Gasteiger partial charge in [0.25, 0.3) is 0 Å². The van der Waals surface area contributed by atoms with Crippen LogP contribution in [0.25, 0.3) is 0 Å². The van der Waals surface area contributed by atoms with Gasteiger partial charge < -0.3 is 5.11 Å². The molecule has 0 aliphatic heterocycles. The smallest absolute Gasteiger partial charge is 0.163 e. The quantitative estimate of drug-likeness (QED) is 0.654. The molecule has 0 saturated heterocycles. The summed E-state index contributed by atoms with van der Waals surface area (Å²) in [7, 11) is 0. The van der Waals surface area contributed by atoms with E-state index in [1.165, 1.54) is 0 Å².